The van der Waals surface area contributed by atoms with Crippen LogP contribution in [-0.4, -0.2) is 68.3 Å². The number of fused-ring (bicyclic) bond motifs is 3. The predicted molar refractivity (Wildman–Crippen MR) is 126 cm³/mol. The molecule has 0 saturated carbocycles. The van der Waals surface area contributed by atoms with Crippen LogP contribution in [0.3, 0.4) is 0 Å². The Labute approximate surface area is 187 Å². The summed E-state index contributed by atoms with van der Waals surface area (Å²) in [4.78, 5) is 39.7. The lowest BCUT2D eigenvalue weighted by atomic mass is 9.96. The number of allylic oxidation sites excluding steroid dienone is 1. The van der Waals surface area contributed by atoms with Crippen molar-refractivity contribution in [3.63, 3.8) is 0 Å². The number of likely N-dealkylation sites (N-methyl/N-ethyl adjacent to an activating group) is 1. The molecule has 0 spiro atoms. The van der Waals surface area contributed by atoms with Crippen LogP contribution in [0.25, 0.3) is 0 Å². The van der Waals surface area contributed by atoms with Crippen molar-refractivity contribution in [2.75, 3.05) is 38.1 Å². The molecule has 0 aliphatic carbocycles. The van der Waals surface area contributed by atoms with Crippen LogP contribution in [0, 0.1) is 0 Å². The number of carbonyl (C=O) groups excluding carboxylic acids is 2. The molecule has 1 saturated heterocycles. The maximum Gasteiger partial charge on any atom is 0.204 e. The molecule has 0 bridgehead atoms. The Morgan fingerprint density at radius 2 is 2.19 bits per heavy atom. The van der Waals surface area contributed by atoms with Crippen LogP contribution in [-0.2, 0) is 9.59 Å². The van der Waals surface area contributed by atoms with Gasteiger partial charge < -0.3 is 5.32 Å². The van der Waals surface area contributed by atoms with Crippen molar-refractivity contribution in [3.05, 3.63) is 46.6 Å². The van der Waals surface area contributed by atoms with E-state index in [1.807, 2.05) is 36.2 Å². The van der Waals surface area contributed by atoms with E-state index < -0.39 is 0 Å². The zero-order chi connectivity index (χ0) is 22.0. The van der Waals surface area contributed by atoms with Crippen LogP contribution < -0.4 is 10.2 Å². The molecule has 0 amide bonds. The summed E-state index contributed by atoms with van der Waals surface area (Å²) in [5.41, 5.74) is 1.43. The molecule has 0 radical (unpaired) electrons. The van der Waals surface area contributed by atoms with Gasteiger partial charge in [0.15, 0.2) is 5.78 Å². The van der Waals surface area contributed by atoms with E-state index in [1.165, 1.54) is 37.7 Å². The van der Waals surface area contributed by atoms with Crippen LogP contribution in [0.4, 0.5) is 5.69 Å². The van der Waals surface area contributed by atoms with Gasteiger partial charge >= 0.3 is 0 Å². The van der Waals surface area contributed by atoms with E-state index in [2.05, 4.69) is 21.9 Å². The molecular formula is C23H27N5O2S. The van der Waals surface area contributed by atoms with Crippen LogP contribution in [0.2, 0.25) is 0 Å². The normalized spacial score (nSPS) is 23.6. The third-order valence-electron chi connectivity index (χ3n) is 5.81. The number of ketones is 2. The number of nitrogens with one attached hydrogen (secondary N) is 1. The van der Waals surface area contributed by atoms with Crippen LogP contribution >= 0.6 is 11.8 Å². The third kappa shape index (κ3) is 4.03. The fourth-order valence-corrected chi connectivity index (χ4v) is 5.66. The molecule has 1 fully saturated rings. The molecule has 1 unspecified atom stereocenters. The van der Waals surface area contributed by atoms with Gasteiger partial charge in [-0.25, -0.2) is 0 Å². The largest absolute Gasteiger partial charge is 0.318 e. The number of nitrogens with zero attached hydrogens (tertiary/aromatic N) is 4. The lowest BCUT2D eigenvalue weighted by Crippen LogP contribution is -2.41. The molecule has 31 heavy (non-hydrogen) atoms. The number of para-hydroxylation sites is 1. The Hall–Kier alpha value is -2.55. The maximum atomic E-state index is 13.2. The third-order valence-corrected chi connectivity index (χ3v) is 6.96. The molecule has 4 rings (SSSR count). The maximum absolute atomic E-state index is 13.2. The summed E-state index contributed by atoms with van der Waals surface area (Å²) in [5.74, 6) is -0.0510. The van der Waals surface area contributed by atoms with Crippen LogP contribution in [0.1, 0.15) is 19.8 Å². The Kier molecular flexibility index (Phi) is 6.50. The average Bonchev–Trinajstić information content (AvgIpc) is 3.34. The second kappa shape index (κ2) is 9.30. The molecule has 1 aromatic carbocycles. The predicted octanol–water partition coefficient (Wildman–Crippen LogP) is 2.65. The van der Waals surface area contributed by atoms with Crippen molar-refractivity contribution in [2.24, 2.45) is 9.98 Å². The number of rotatable bonds is 7. The molecule has 3 aliphatic rings. The molecule has 1 atom stereocenters. The molecule has 0 aromatic heterocycles. The number of thioether (sulfide) groups is 1. The number of benzene rings is 1. The summed E-state index contributed by atoms with van der Waals surface area (Å²) in [7, 11) is 1.98. The number of Topliss-reactive ketones (excluding diaryl/α,β-unsaturated/α-hetero) is 2. The van der Waals surface area contributed by atoms with Crippen molar-refractivity contribution < 1.29 is 9.59 Å². The van der Waals surface area contributed by atoms with Gasteiger partial charge in [-0.3, -0.25) is 29.4 Å². The van der Waals surface area contributed by atoms with Gasteiger partial charge in [0.05, 0.1) is 23.4 Å². The van der Waals surface area contributed by atoms with Crippen molar-refractivity contribution in [3.8, 4) is 0 Å². The number of anilines is 1. The zero-order valence-electron chi connectivity index (χ0n) is 17.9. The lowest BCUT2D eigenvalue weighted by Gasteiger charge is -2.30. The van der Waals surface area contributed by atoms with Crippen LogP contribution in [0.15, 0.2) is 61.5 Å². The minimum atomic E-state index is -0.334. The number of carbonyl (C=O) groups is 2. The summed E-state index contributed by atoms with van der Waals surface area (Å²) in [6.45, 7) is 8.36. The summed E-state index contributed by atoms with van der Waals surface area (Å²) < 4.78 is 0. The molecule has 3 heterocycles. The van der Waals surface area contributed by atoms with Crippen LogP contribution in [0.5, 0.6) is 0 Å². The topological polar surface area (TPSA) is 77.4 Å². The first-order chi connectivity index (χ1) is 15.1. The van der Waals surface area contributed by atoms with Gasteiger partial charge in [-0.15, -0.1) is 0 Å². The van der Waals surface area contributed by atoms with Gasteiger partial charge in [0.25, 0.3) is 0 Å². The number of likely N-dealkylation sites (tertiary alicyclic amines) is 1. The smallest absolute Gasteiger partial charge is 0.204 e. The van der Waals surface area contributed by atoms with Gasteiger partial charge in [0.1, 0.15) is 10.9 Å². The number of amidine groups is 1. The standard InChI is InChI=1S/C23H27N5O2S/c1-15(29)20-21(30)17(14-25-3)22(26-10-12-27-11-6-7-16(27)13-24-2)28-18-8-4-5-9-19(18)31-23(20)28/h4-5,8-9,14,16,24H,3,6-7,10-13H2,1-2H3/b17-14-,26-22?. The molecule has 1 aromatic rings. The van der Waals surface area contributed by atoms with Gasteiger partial charge in [-0.05, 0) is 52.2 Å². The summed E-state index contributed by atoms with van der Waals surface area (Å²) in [6, 6.07) is 8.40. The van der Waals surface area contributed by atoms with E-state index in [1.54, 1.807) is 0 Å². The quantitative estimate of drug-likeness (QED) is 0.401. The first-order valence-corrected chi connectivity index (χ1v) is 11.3. The van der Waals surface area contributed by atoms with E-state index in [0.717, 1.165) is 30.2 Å². The molecule has 1 N–H and O–H groups in total. The Morgan fingerprint density at radius 3 is 2.94 bits per heavy atom. The molecule has 3 aliphatic heterocycles. The fraction of sp³-hybridized carbons (Fsp3) is 0.391. The highest BCUT2D eigenvalue weighted by Crippen LogP contribution is 2.50. The Balaban J connectivity index is 1.72. The van der Waals surface area contributed by atoms with Gasteiger partial charge in [-0.1, -0.05) is 23.9 Å². The summed E-state index contributed by atoms with van der Waals surface area (Å²) in [5, 5.41) is 3.90. The minimum Gasteiger partial charge on any atom is -0.318 e. The average molecular weight is 438 g/mol. The SMILES string of the molecule is C=N/C=C1/C(=O)C(C(C)=O)=C2Sc3ccccc3N2C1=NCCN1CCCC1CNC. The second-order valence-corrected chi connectivity index (χ2v) is 8.82. The second-order valence-electron chi connectivity index (χ2n) is 7.79. The number of hydrogen-bond acceptors (Lipinski definition) is 7. The molecular weight excluding hydrogens is 410 g/mol. The Morgan fingerprint density at radius 1 is 1.39 bits per heavy atom. The fourth-order valence-electron chi connectivity index (χ4n) is 4.43. The van der Waals surface area contributed by atoms with E-state index in [9.17, 15) is 9.59 Å². The highest BCUT2D eigenvalue weighted by molar-refractivity contribution is 8.04. The summed E-state index contributed by atoms with van der Waals surface area (Å²) >= 11 is 1.44. The van der Waals surface area contributed by atoms with Crippen molar-refractivity contribution in [2.45, 2.75) is 30.7 Å². The van der Waals surface area contributed by atoms with E-state index in [-0.39, 0.29) is 17.1 Å². The van der Waals surface area contributed by atoms with Gasteiger partial charge in [-0.2, -0.15) is 0 Å². The minimum absolute atomic E-state index is 0.184. The number of aliphatic imine (C=N–C) groups is 2. The first-order valence-electron chi connectivity index (χ1n) is 10.5. The van der Waals surface area contributed by atoms with E-state index in [0.29, 0.717) is 29.0 Å². The summed E-state index contributed by atoms with van der Waals surface area (Å²) in [6.07, 6.45) is 3.80. The molecule has 7 nitrogen and oxygen atoms in total. The monoisotopic (exact) mass is 437 g/mol. The van der Waals surface area contributed by atoms with E-state index >= 15 is 0 Å². The van der Waals surface area contributed by atoms with Crippen molar-refractivity contribution in [1.29, 1.82) is 0 Å². The van der Waals surface area contributed by atoms with Gasteiger partial charge in [0.2, 0.25) is 5.78 Å². The van der Waals surface area contributed by atoms with Crippen molar-refractivity contribution in [1.82, 2.24) is 10.2 Å². The highest BCUT2D eigenvalue weighted by Gasteiger charge is 2.42. The first kappa shape index (κ1) is 21.7. The molecule has 8 heteroatoms. The molecule has 162 valence electrons. The number of hydrogen-bond donors (Lipinski definition) is 1. The lowest BCUT2D eigenvalue weighted by molar-refractivity contribution is -0.118. The zero-order valence-corrected chi connectivity index (χ0v) is 18.7. The van der Waals surface area contributed by atoms with E-state index in [4.69, 9.17) is 4.99 Å². The highest BCUT2D eigenvalue weighted by atomic mass is 32.2. The van der Waals surface area contributed by atoms with Gasteiger partial charge in [0, 0.05) is 30.2 Å². The van der Waals surface area contributed by atoms with Crippen molar-refractivity contribution >= 4 is 41.6 Å². The Bertz CT molecular complexity index is 1010.